The monoisotopic (exact) mass is 369 g/mol. The van der Waals surface area contributed by atoms with Crippen LogP contribution < -0.4 is 15.8 Å². The summed E-state index contributed by atoms with van der Waals surface area (Å²) in [7, 11) is -3.63. The maximum atomic E-state index is 12.0. The third-order valence-electron chi connectivity index (χ3n) is 2.76. The molecule has 6 nitrogen and oxygen atoms in total. The molecule has 1 rings (SSSR count). The average molecular weight is 370 g/mol. The normalized spacial score (nSPS) is 12.3. The maximum Gasteiger partial charge on any atom is 0.240 e. The highest BCUT2D eigenvalue weighted by atomic mass is 35.5. The fourth-order valence-corrected chi connectivity index (χ4v) is 2.99. The molecular formula is C13H21Cl2N3O3S. The van der Waals surface area contributed by atoms with Crippen LogP contribution in [0.4, 0.5) is 0 Å². The fourth-order valence-electron chi connectivity index (χ4n) is 1.66. The highest BCUT2D eigenvalue weighted by molar-refractivity contribution is 7.89. The quantitative estimate of drug-likeness (QED) is 0.600. The Bertz CT molecular complexity index is 582. The number of amides is 1. The minimum atomic E-state index is -3.63. The first-order valence-electron chi connectivity index (χ1n) is 6.65. The minimum Gasteiger partial charge on any atom is -0.353 e. The highest BCUT2D eigenvalue weighted by Gasteiger charge is 2.15. The number of nitrogens with one attached hydrogen (secondary N) is 2. The van der Waals surface area contributed by atoms with E-state index in [4.69, 9.17) is 17.3 Å². The molecule has 0 heterocycles. The Labute approximate surface area is 142 Å². The molecule has 0 radical (unpaired) electrons. The molecule has 0 saturated heterocycles. The molecule has 1 aromatic carbocycles. The summed E-state index contributed by atoms with van der Waals surface area (Å²) in [6.07, 6.45) is 1.41. The van der Waals surface area contributed by atoms with Crippen molar-refractivity contribution < 1.29 is 13.2 Å². The Morgan fingerprint density at radius 2 is 2.05 bits per heavy atom. The predicted molar refractivity (Wildman–Crippen MR) is 89.8 cm³/mol. The number of rotatable bonds is 8. The zero-order chi connectivity index (χ0) is 15.9. The summed E-state index contributed by atoms with van der Waals surface area (Å²) in [5, 5.41) is 2.93. The Balaban J connectivity index is 0.00000441. The average Bonchev–Trinajstić information content (AvgIpc) is 2.43. The summed E-state index contributed by atoms with van der Waals surface area (Å²) >= 11 is 5.76. The second-order valence-electron chi connectivity index (χ2n) is 4.54. The van der Waals surface area contributed by atoms with Gasteiger partial charge in [0.25, 0.3) is 0 Å². The van der Waals surface area contributed by atoms with Gasteiger partial charge in [0.05, 0.1) is 10.9 Å². The maximum absolute atomic E-state index is 12.0. The van der Waals surface area contributed by atoms with Gasteiger partial charge in [-0.15, -0.1) is 12.4 Å². The van der Waals surface area contributed by atoms with Crippen LogP contribution >= 0.6 is 24.0 Å². The van der Waals surface area contributed by atoms with Crippen molar-refractivity contribution in [1.29, 1.82) is 0 Å². The van der Waals surface area contributed by atoms with Crippen LogP contribution in [0, 0.1) is 0 Å². The first-order valence-corrected chi connectivity index (χ1v) is 8.51. The van der Waals surface area contributed by atoms with E-state index >= 15 is 0 Å². The molecule has 0 aliphatic rings. The SMILES string of the molecule is CCCC(N)C(=O)NCCNS(=O)(=O)c1cccc(Cl)c1.Cl. The molecule has 0 bridgehead atoms. The molecular weight excluding hydrogens is 349 g/mol. The molecule has 22 heavy (non-hydrogen) atoms. The van der Waals surface area contributed by atoms with E-state index in [2.05, 4.69) is 10.0 Å². The van der Waals surface area contributed by atoms with Crippen molar-refractivity contribution in [3.8, 4) is 0 Å². The van der Waals surface area contributed by atoms with Crippen molar-refractivity contribution in [3.63, 3.8) is 0 Å². The van der Waals surface area contributed by atoms with Crippen molar-refractivity contribution in [2.24, 2.45) is 5.73 Å². The first-order chi connectivity index (χ1) is 9.86. The summed E-state index contributed by atoms with van der Waals surface area (Å²) in [5.74, 6) is -0.279. The van der Waals surface area contributed by atoms with Gasteiger partial charge in [-0.1, -0.05) is 31.0 Å². The minimum absolute atomic E-state index is 0. The van der Waals surface area contributed by atoms with E-state index in [1.54, 1.807) is 12.1 Å². The van der Waals surface area contributed by atoms with Gasteiger partial charge in [0, 0.05) is 18.1 Å². The summed E-state index contributed by atoms with van der Waals surface area (Å²) in [4.78, 5) is 11.6. The van der Waals surface area contributed by atoms with Crippen LogP contribution in [0.25, 0.3) is 0 Å². The molecule has 0 aliphatic carbocycles. The largest absolute Gasteiger partial charge is 0.353 e. The number of sulfonamides is 1. The molecule has 1 unspecified atom stereocenters. The van der Waals surface area contributed by atoms with Gasteiger partial charge in [-0.05, 0) is 24.6 Å². The lowest BCUT2D eigenvalue weighted by Crippen LogP contribution is -2.43. The van der Waals surface area contributed by atoms with Gasteiger partial charge in [-0.25, -0.2) is 13.1 Å². The van der Waals surface area contributed by atoms with E-state index in [9.17, 15) is 13.2 Å². The predicted octanol–water partition coefficient (Wildman–Crippen LogP) is 1.28. The second kappa shape index (κ2) is 10.0. The van der Waals surface area contributed by atoms with Gasteiger partial charge in [0.15, 0.2) is 0 Å². The van der Waals surface area contributed by atoms with E-state index in [1.165, 1.54) is 12.1 Å². The molecule has 126 valence electrons. The Kier molecular flexibility index (Phi) is 9.63. The Morgan fingerprint density at radius 1 is 1.36 bits per heavy atom. The smallest absolute Gasteiger partial charge is 0.240 e. The zero-order valence-electron chi connectivity index (χ0n) is 12.2. The third-order valence-corrected chi connectivity index (χ3v) is 4.45. The molecule has 0 fully saturated rings. The second-order valence-corrected chi connectivity index (χ2v) is 6.74. The molecule has 0 saturated carbocycles. The number of hydrogen-bond acceptors (Lipinski definition) is 4. The standard InChI is InChI=1S/C13H20ClN3O3S.ClH/c1-2-4-12(15)13(18)16-7-8-17-21(19,20)11-6-3-5-10(14)9-11;/h3,5-6,9,12,17H,2,4,7-8,15H2,1H3,(H,16,18);1H. The lowest BCUT2D eigenvalue weighted by atomic mass is 10.2. The third kappa shape index (κ3) is 6.93. The van der Waals surface area contributed by atoms with Crippen molar-refractivity contribution >= 4 is 39.9 Å². The molecule has 1 atom stereocenters. The van der Waals surface area contributed by atoms with Gasteiger partial charge in [0.1, 0.15) is 0 Å². The van der Waals surface area contributed by atoms with Gasteiger partial charge in [0.2, 0.25) is 15.9 Å². The molecule has 0 spiro atoms. The van der Waals surface area contributed by atoms with E-state index in [-0.39, 0.29) is 36.3 Å². The number of halogens is 2. The zero-order valence-corrected chi connectivity index (χ0v) is 14.6. The fraction of sp³-hybridized carbons (Fsp3) is 0.462. The lowest BCUT2D eigenvalue weighted by molar-refractivity contribution is -0.122. The molecule has 1 amide bonds. The van der Waals surface area contributed by atoms with Gasteiger partial charge in [-0.3, -0.25) is 4.79 Å². The Morgan fingerprint density at radius 3 is 2.64 bits per heavy atom. The number of carbonyl (C=O) groups excluding carboxylic acids is 1. The molecule has 0 aliphatic heterocycles. The number of nitrogens with two attached hydrogens (primary N) is 1. The van der Waals surface area contributed by atoms with Crippen LogP contribution in [0.15, 0.2) is 29.2 Å². The topological polar surface area (TPSA) is 101 Å². The van der Waals surface area contributed by atoms with Crippen LogP contribution in [0.1, 0.15) is 19.8 Å². The van der Waals surface area contributed by atoms with Crippen LogP contribution in [0.2, 0.25) is 5.02 Å². The van der Waals surface area contributed by atoms with Crippen molar-refractivity contribution in [2.75, 3.05) is 13.1 Å². The summed E-state index contributed by atoms with van der Waals surface area (Å²) in [6, 6.07) is 5.40. The van der Waals surface area contributed by atoms with E-state index in [0.717, 1.165) is 6.42 Å². The van der Waals surface area contributed by atoms with Gasteiger partial charge < -0.3 is 11.1 Å². The van der Waals surface area contributed by atoms with Crippen molar-refractivity contribution in [1.82, 2.24) is 10.0 Å². The van der Waals surface area contributed by atoms with E-state index in [0.29, 0.717) is 11.4 Å². The van der Waals surface area contributed by atoms with E-state index in [1.807, 2.05) is 6.92 Å². The number of carbonyl (C=O) groups is 1. The molecule has 4 N–H and O–H groups in total. The Hall–Kier alpha value is -0.860. The summed E-state index contributed by atoms with van der Waals surface area (Å²) in [6.45, 7) is 2.20. The van der Waals surface area contributed by atoms with Crippen LogP contribution in [-0.2, 0) is 14.8 Å². The van der Waals surface area contributed by atoms with Crippen molar-refractivity contribution in [3.05, 3.63) is 29.3 Å². The van der Waals surface area contributed by atoms with Gasteiger partial charge in [-0.2, -0.15) is 0 Å². The number of hydrogen-bond donors (Lipinski definition) is 3. The van der Waals surface area contributed by atoms with E-state index < -0.39 is 16.1 Å². The summed E-state index contributed by atoms with van der Waals surface area (Å²) < 4.78 is 26.3. The first kappa shape index (κ1) is 21.1. The number of benzene rings is 1. The molecule has 1 aromatic rings. The molecule has 0 aromatic heterocycles. The van der Waals surface area contributed by atoms with Crippen LogP contribution in [0.5, 0.6) is 0 Å². The highest BCUT2D eigenvalue weighted by Crippen LogP contribution is 2.14. The van der Waals surface area contributed by atoms with Crippen LogP contribution in [0.3, 0.4) is 0 Å². The van der Waals surface area contributed by atoms with Gasteiger partial charge >= 0.3 is 0 Å². The van der Waals surface area contributed by atoms with Crippen LogP contribution in [-0.4, -0.2) is 33.5 Å². The summed E-state index contributed by atoms with van der Waals surface area (Å²) in [5.41, 5.74) is 5.64. The molecule has 9 heteroatoms. The van der Waals surface area contributed by atoms with Crippen molar-refractivity contribution in [2.45, 2.75) is 30.7 Å². The lowest BCUT2D eigenvalue weighted by Gasteiger charge is -2.11.